The highest BCUT2D eigenvalue weighted by molar-refractivity contribution is 6.02. The van der Waals surface area contributed by atoms with E-state index in [4.69, 9.17) is 9.84 Å². The molecule has 0 fully saturated rings. The molecule has 5 nitrogen and oxygen atoms in total. The van der Waals surface area contributed by atoms with Crippen molar-refractivity contribution in [2.45, 2.75) is 19.9 Å². The Hall–Kier alpha value is -2.04. The molecule has 1 atom stereocenters. The summed E-state index contributed by atoms with van der Waals surface area (Å²) in [6, 6.07) is 4.47. The van der Waals surface area contributed by atoms with Crippen LogP contribution < -0.4 is 9.64 Å². The van der Waals surface area contributed by atoms with E-state index in [1.54, 1.807) is 12.1 Å². The Morgan fingerprint density at radius 2 is 2.24 bits per heavy atom. The van der Waals surface area contributed by atoms with Gasteiger partial charge in [0.25, 0.3) is 5.91 Å². The molecule has 17 heavy (non-hydrogen) atoms. The Morgan fingerprint density at radius 3 is 2.88 bits per heavy atom. The van der Waals surface area contributed by atoms with Crippen molar-refractivity contribution < 1.29 is 19.4 Å². The number of amides is 1. The van der Waals surface area contributed by atoms with E-state index < -0.39 is 12.0 Å². The molecular formula is C12H13NO4. The number of aliphatic carboxylic acids is 1. The highest BCUT2D eigenvalue weighted by Gasteiger charge is 2.32. The van der Waals surface area contributed by atoms with E-state index >= 15 is 0 Å². The first-order chi connectivity index (χ1) is 8.00. The number of benzene rings is 1. The Balaban J connectivity index is 2.49. The fourth-order valence-electron chi connectivity index (χ4n) is 1.82. The fraction of sp³-hybridized carbons (Fsp3) is 0.333. The molecule has 5 heteroatoms. The standard InChI is InChI=1S/C12H13NO4/c1-7-3-4-10-9(5-7)13(8(2)12(15)16)11(14)6-17-10/h3-5,8H,6H2,1-2H3,(H,15,16)/t8-/m0/s1. The van der Waals surface area contributed by atoms with Crippen molar-refractivity contribution in [1.29, 1.82) is 0 Å². The van der Waals surface area contributed by atoms with Gasteiger partial charge in [0.05, 0.1) is 5.69 Å². The number of nitrogens with zero attached hydrogens (tertiary/aromatic N) is 1. The van der Waals surface area contributed by atoms with Crippen LogP contribution in [0.4, 0.5) is 5.69 Å². The molecule has 1 aromatic rings. The summed E-state index contributed by atoms with van der Waals surface area (Å²) in [7, 11) is 0. The zero-order valence-corrected chi connectivity index (χ0v) is 9.64. The van der Waals surface area contributed by atoms with Gasteiger partial charge in [-0.3, -0.25) is 9.69 Å². The Morgan fingerprint density at radius 1 is 1.53 bits per heavy atom. The lowest BCUT2D eigenvalue weighted by atomic mass is 10.1. The minimum absolute atomic E-state index is 0.117. The molecule has 1 amide bonds. The molecule has 0 radical (unpaired) electrons. The van der Waals surface area contributed by atoms with Crippen molar-refractivity contribution in [2.24, 2.45) is 0 Å². The molecule has 0 aliphatic carbocycles. The van der Waals surface area contributed by atoms with Gasteiger partial charge in [-0.15, -0.1) is 0 Å². The van der Waals surface area contributed by atoms with Gasteiger partial charge < -0.3 is 9.84 Å². The number of carbonyl (C=O) groups is 2. The maximum atomic E-state index is 11.8. The van der Waals surface area contributed by atoms with Crippen molar-refractivity contribution in [3.8, 4) is 5.75 Å². The van der Waals surface area contributed by atoms with E-state index in [1.165, 1.54) is 11.8 Å². The lowest BCUT2D eigenvalue weighted by Crippen LogP contribution is -2.48. The molecule has 0 saturated heterocycles. The second-order valence-corrected chi connectivity index (χ2v) is 4.04. The van der Waals surface area contributed by atoms with Gasteiger partial charge in [0.1, 0.15) is 11.8 Å². The molecule has 0 spiro atoms. The number of ether oxygens (including phenoxy) is 1. The van der Waals surface area contributed by atoms with Gasteiger partial charge >= 0.3 is 5.97 Å². The zero-order valence-electron chi connectivity index (χ0n) is 9.64. The average Bonchev–Trinajstić information content (AvgIpc) is 2.27. The summed E-state index contributed by atoms with van der Waals surface area (Å²) in [6.45, 7) is 3.24. The third kappa shape index (κ3) is 1.95. The number of carboxylic acids is 1. The monoisotopic (exact) mass is 235 g/mol. The van der Waals surface area contributed by atoms with Crippen LogP contribution in [0.2, 0.25) is 0 Å². The van der Waals surface area contributed by atoms with Crippen LogP contribution >= 0.6 is 0 Å². The van der Waals surface area contributed by atoms with Gasteiger partial charge in [0.15, 0.2) is 6.61 Å². The fourth-order valence-corrected chi connectivity index (χ4v) is 1.82. The predicted octanol–water partition coefficient (Wildman–Crippen LogP) is 1.19. The third-order valence-electron chi connectivity index (χ3n) is 2.74. The minimum atomic E-state index is -1.03. The molecule has 1 aromatic carbocycles. The quantitative estimate of drug-likeness (QED) is 0.836. The smallest absolute Gasteiger partial charge is 0.326 e. The Labute approximate surface area is 98.6 Å². The SMILES string of the molecule is Cc1ccc2c(c1)N([C@@H](C)C(=O)O)C(=O)CO2. The van der Waals surface area contributed by atoms with E-state index in [0.717, 1.165) is 5.56 Å². The average molecular weight is 235 g/mol. The Kier molecular flexibility index (Phi) is 2.75. The number of aryl methyl sites for hydroxylation is 1. The summed E-state index contributed by atoms with van der Waals surface area (Å²) < 4.78 is 5.27. The number of rotatable bonds is 2. The van der Waals surface area contributed by atoms with Crippen LogP contribution in [0.25, 0.3) is 0 Å². The minimum Gasteiger partial charge on any atom is -0.482 e. The summed E-state index contributed by atoms with van der Waals surface area (Å²) in [5.41, 5.74) is 1.47. The van der Waals surface area contributed by atoms with E-state index in [0.29, 0.717) is 11.4 Å². The van der Waals surface area contributed by atoms with Crippen LogP contribution in [0.15, 0.2) is 18.2 Å². The summed E-state index contributed by atoms with van der Waals surface area (Å²) in [6.07, 6.45) is 0. The molecule has 1 aliphatic rings. The van der Waals surface area contributed by atoms with E-state index in [1.807, 2.05) is 13.0 Å². The van der Waals surface area contributed by atoms with Crippen molar-refractivity contribution in [3.05, 3.63) is 23.8 Å². The first-order valence-electron chi connectivity index (χ1n) is 5.29. The molecular weight excluding hydrogens is 222 g/mol. The first kappa shape index (κ1) is 11.4. The predicted molar refractivity (Wildman–Crippen MR) is 61.3 cm³/mol. The number of anilines is 1. The first-order valence-corrected chi connectivity index (χ1v) is 5.29. The summed E-state index contributed by atoms with van der Waals surface area (Å²) in [4.78, 5) is 24.0. The molecule has 1 N–H and O–H groups in total. The summed E-state index contributed by atoms with van der Waals surface area (Å²) in [5, 5.41) is 9.01. The van der Waals surface area contributed by atoms with Crippen molar-refractivity contribution in [2.75, 3.05) is 11.5 Å². The van der Waals surface area contributed by atoms with Crippen LogP contribution in [-0.4, -0.2) is 29.6 Å². The lowest BCUT2D eigenvalue weighted by Gasteiger charge is -2.32. The highest BCUT2D eigenvalue weighted by atomic mass is 16.5. The molecule has 2 rings (SSSR count). The molecule has 0 unspecified atom stereocenters. The van der Waals surface area contributed by atoms with Gasteiger partial charge in [0.2, 0.25) is 0 Å². The van der Waals surface area contributed by atoms with Gasteiger partial charge in [0, 0.05) is 0 Å². The summed E-state index contributed by atoms with van der Waals surface area (Å²) >= 11 is 0. The molecule has 1 heterocycles. The summed E-state index contributed by atoms with van der Waals surface area (Å²) in [5.74, 6) is -0.825. The number of carboxylic acid groups (broad SMARTS) is 1. The lowest BCUT2D eigenvalue weighted by molar-refractivity contribution is -0.140. The van der Waals surface area contributed by atoms with Crippen LogP contribution in [0, 0.1) is 6.92 Å². The second-order valence-electron chi connectivity index (χ2n) is 4.04. The molecule has 0 aromatic heterocycles. The number of hydrogen-bond donors (Lipinski definition) is 1. The molecule has 1 aliphatic heterocycles. The normalized spacial score (nSPS) is 16.1. The van der Waals surface area contributed by atoms with E-state index in [9.17, 15) is 9.59 Å². The molecule has 0 saturated carbocycles. The van der Waals surface area contributed by atoms with Crippen molar-refractivity contribution >= 4 is 17.6 Å². The number of carbonyl (C=O) groups excluding carboxylic acids is 1. The van der Waals surface area contributed by atoms with Crippen LogP contribution in [-0.2, 0) is 9.59 Å². The van der Waals surface area contributed by atoms with E-state index in [-0.39, 0.29) is 12.5 Å². The van der Waals surface area contributed by atoms with E-state index in [2.05, 4.69) is 0 Å². The van der Waals surface area contributed by atoms with Crippen LogP contribution in [0.3, 0.4) is 0 Å². The molecule has 90 valence electrons. The third-order valence-corrected chi connectivity index (χ3v) is 2.74. The van der Waals surface area contributed by atoms with Gasteiger partial charge in [-0.1, -0.05) is 6.07 Å². The van der Waals surface area contributed by atoms with Crippen molar-refractivity contribution in [1.82, 2.24) is 0 Å². The topological polar surface area (TPSA) is 66.8 Å². The van der Waals surface area contributed by atoms with Gasteiger partial charge in [-0.05, 0) is 31.5 Å². The van der Waals surface area contributed by atoms with Crippen molar-refractivity contribution in [3.63, 3.8) is 0 Å². The maximum Gasteiger partial charge on any atom is 0.326 e. The maximum absolute atomic E-state index is 11.8. The zero-order chi connectivity index (χ0) is 12.6. The number of hydrogen-bond acceptors (Lipinski definition) is 3. The second kappa shape index (κ2) is 4.08. The van der Waals surface area contributed by atoms with Gasteiger partial charge in [-0.2, -0.15) is 0 Å². The van der Waals surface area contributed by atoms with Gasteiger partial charge in [-0.25, -0.2) is 4.79 Å². The van der Waals surface area contributed by atoms with Crippen LogP contribution in [0.5, 0.6) is 5.75 Å². The Bertz CT molecular complexity index is 483. The largest absolute Gasteiger partial charge is 0.482 e. The molecule has 0 bridgehead atoms. The highest BCUT2D eigenvalue weighted by Crippen LogP contribution is 2.34. The van der Waals surface area contributed by atoms with Crippen LogP contribution in [0.1, 0.15) is 12.5 Å². The number of fused-ring (bicyclic) bond motifs is 1.